The molecule has 0 radical (unpaired) electrons. The van der Waals surface area contributed by atoms with Crippen molar-refractivity contribution in [3.63, 3.8) is 0 Å². The molecule has 1 aliphatic heterocycles. The highest BCUT2D eigenvalue weighted by molar-refractivity contribution is 5.76. The summed E-state index contributed by atoms with van der Waals surface area (Å²) in [7, 11) is 0. The minimum atomic E-state index is -4.94. The van der Waals surface area contributed by atoms with Crippen LogP contribution in [0.15, 0.2) is 12.1 Å². The molecule has 0 aliphatic carbocycles. The Morgan fingerprint density at radius 2 is 1.75 bits per heavy atom. The lowest BCUT2D eigenvalue weighted by atomic mass is 9.97. The Balaban J connectivity index is 2.64. The highest BCUT2D eigenvalue weighted by Gasteiger charge is 2.39. The molecule has 1 saturated heterocycles. The monoisotopic (exact) mass is 349 g/mol. The largest absolute Gasteiger partial charge is 0.416 e. The van der Waals surface area contributed by atoms with Gasteiger partial charge in [0.25, 0.3) is 11.4 Å². The van der Waals surface area contributed by atoms with E-state index in [0.717, 1.165) is 0 Å². The van der Waals surface area contributed by atoms with Crippen LogP contribution < -0.4 is 4.90 Å². The summed E-state index contributed by atoms with van der Waals surface area (Å²) in [5.41, 5.74) is -3.82. The van der Waals surface area contributed by atoms with Crippen molar-refractivity contribution in [1.82, 2.24) is 0 Å². The number of halogens is 3. The van der Waals surface area contributed by atoms with Gasteiger partial charge < -0.3 is 10.0 Å². The minimum Gasteiger partial charge on any atom is -0.396 e. The smallest absolute Gasteiger partial charge is 0.396 e. The third-order valence-corrected chi connectivity index (χ3v) is 3.88. The fourth-order valence-corrected chi connectivity index (χ4v) is 2.79. The number of nitro groups is 2. The molecule has 1 unspecified atom stereocenters. The SMILES string of the molecule is O=[N+]([O-])c1cc(C(F)(F)F)cc([N+](=O)[O-])c1N1CCCC(CO)C1. The number of piperidine rings is 1. The maximum Gasteiger partial charge on any atom is 0.416 e. The minimum absolute atomic E-state index is 0.101. The second-order valence-corrected chi connectivity index (χ2v) is 5.51. The van der Waals surface area contributed by atoms with E-state index in [9.17, 15) is 38.5 Å². The first-order chi connectivity index (χ1) is 11.1. The van der Waals surface area contributed by atoms with Gasteiger partial charge in [-0.15, -0.1) is 0 Å². The quantitative estimate of drug-likeness (QED) is 0.661. The van der Waals surface area contributed by atoms with E-state index >= 15 is 0 Å². The Morgan fingerprint density at radius 3 is 2.17 bits per heavy atom. The van der Waals surface area contributed by atoms with Crippen molar-refractivity contribution in [3.8, 4) is 0 Å². The molecule has 1 aromatic rings. The summed E-state index contributed by atoms with van der Waals surface area (Å²) >= 11 is 0. The lowest BCUT2D eigenvalue weighted by Gasteiger charge is -2.32. The predicted molar refractivity (Wildman–Crippen MR) is 76.8 cm³/mol. The van der Waals surface area contributed by atoms with Crippen LogP contribution in [0.3, 0.4) is 0 Å². The molecule has 1 N–H and O–H groups in total. The van der Waals surface area contributed by atoms with Crippen molar-refractivity contribution < 1.29 is 28.1 Å². The van der Waals surface area contributed by atoms with Crippen LogP contribution in [0, 0.1) is 26.1 Å². The average Bonchev–Trinajstić information content (AvgIpc) is 2.52. The van der Waals surface area contributed by atoms with E-state index in [1.165, 1.54) is 4.90 Å². The van der Waals surface area contributed by atoms with Gasteiger partial charge in [0.15, 0.2) is 5.69 Å². The van der Waals surface area contributed by atoms with Crippen molar-refractivity contribution in [2.24, 2.45) is 5.92 Å². The van der Waals surface area contributed by atoms with E-state index in [1.54, 1.807) is 0 Å². The van der Waals surface area contributed by atoms with Gasteiger partial charge in [0.1, 0.15) is 0 Å². The van der Waals surface area contributed by atoms with Crippen LogP contribution in [0.2, 0.25) is 0 Å². The molecule has 1 aromatic carbocycles. The second-order valence-electron chi connectivity index (χ2n) is 5.51. The summed E-state index contributed by atoms with van der Waals surface area (Å²) in [5.74, 6) is -0.250. The molecule has 0 saturated carbocycles. The highest BCUT2D eigenvalue weighted by Crippen LogP contribution is 2.44. The van der Waals surface area contributed by atoms with Gasteiger partial charge in [-0.05, 0) is 18.8 Å². The molecule has 0 bridgehead atoms. The summed E-state index contributed by atoms with van der Waals surface area (Å²) < 4.78 is 38.6. The van der Waals surface area contributed by atoms with Gasteiger partial charge in [-0.2, -0.15) is 13.2 Å². The van der Waals surface area contributed by atoms with E-state index in [4.69, 9.17) is 0 Å². The van der Waals surface area contributed by atoms with Crippen LogP contribution >= 0.6 is 0 Å². The molecular weight excluding hydrogens is 335 g/mol. The molecule has 24 heavy (non-hydrogen) atoms. The first-order valence-corrected chi connectivity index (χ1v) is 7.05. The van der Waals surface area contributed by atoms with Gasteiger partial charge in [-0.3, -0.25) is 20.2 Å². The predicted octanol–water partition coefficient (Wildman–Crippen LogP) is 2.73. The Morgan fingerprint density at radius 1 is 1.21 bits per heavy atom. The molecule has 132 valence electrons. The van der Waals surface area contributed by atoms with Crippen molar-refractivity contribution in [1.29, 1.82) is 0 Å². The fraction of sp³-hybridized carbons (Fsp3) is 0.538. The summed E-state index contributed by atoms with van der Waals surface area (Å²) in [5, 5.41) is 31.6. The van der Waals surface area contributed by atoms with Crippen molar-refractivity contribution in [2.75, 3.05) is 24.6 Å². The molecule has 1 fully saturated rings. The Hall–Kier alpha value is -2.43. The number of benzene rings is 1. The van der Waals surface area contributed by atoms with Gasteiger partial charge in [-0.25, -0.2) is 0 Å². The lowest BCUT2D eigenvalue weighted by Crippen LogP contribution is -2.37. The number of rotatable bonds is 4. The van der Waals surface area contributed by atoms with Gasteiger partial charge in [-0.1, -0.05) is 0 Å². The summed E-state index contributed by atoms with van der Waals surface area (Å²) in [6.45, 7) is 0.117. The molecule has 0 amide bonds. The molecule has 1 heterocycles. The number of aliphatic hydroxyl groups excluding tert-OH is 1. The summed E-state index contributed by atoms with van der Waals surface area (Å²) in [6, 6.07) is 0.621. The van der Waals surface area contributed by atoms with Gasteiger partial charge in [0, 0.05) is 31.8 Å². The Kier molecular flexibility index (Phi) is 4.92. The molecule has 2 rings (SSSR count). The van der Waals surface area contributed by atoms with E-state index < -0.39 is 38.6 Å². The maximum atomic E-state index is 12.9. The van der Waals surface area contributed by atoms with Crippen molar-refractivity contribution in [2.45, 2.75) is 19.0 Å². The molecule has 0 spiro atoms. The third kappa shape index (κ3) is 3.55. The standard InChI is InChI=1S/C13H14F3N3O5/c14-13(15,16)9-4-10(18(21)22)12(11(5-9)19(23)24)17-3-1-2-8(6-17)7-20/h4-5,8,20H,1-3,6-7H2. The molecule has 1 aliphatic rings. The van der Waals surface area contributed by atoms with E-state index in [-0.39, 0.29) is 25.6 Å². The van der Waals surface area contributed by atoms with Crippen LogP contribution in [0.25, 0.3) is 0 Å². The van der Waals surface area contributed by atoms with Gasteiger partial charge >= 0.3 is 6.18 Å². The third-order valence-electron chi connectivity index (χ3n) is 3.88. The first kappa shape index (κ1) is 17.9. The Labute approximate surface area is 133 Å². The average molecular weight is 349 g/mol. The van der Waals surface area contributed by atoms with Gasteiger partial charge in [0.05, 0.1) is 15.4 Å². The highest BCUT2D eigenvalue weighted by atomic mass is 19.4. The van der Waals surface area contributed by atoms with Crippen LogP contribution in [-0.2, 0) is 6.18 Å². The molecule has 11 heteroatoms. The number of aliphatic hydroxyl groups is 1. The topological polar surface area (TPSA) is 110 Å². The molecule has 1 atom stereocenters. The summed E-state index contributed by atoms with van der Waals surface area (Å²) in [6.07, 6.45) is -3.79. The number of nitro benzene ring substituents is 2. The number of hydrogen-bond donors (Lipinski definition) is 1. The summed E-state index contributed by atoms with van der Waals surface area (Å²) in [4.78, 5) is 21.6. The van der Waals surface area contributed by atoms with Crippen LogP contribution in [0.4, 0.5) is 30.2 Å². The van der Waals surface area contributed by atoms with E-state index in [0.29, 0.717) is 25.0 Å². The number of nitrogens with zero attached hydrogens (tertiary/aromatic N) is 3. The molecule has 0 aromatic heterocycles. The van der Waals surface area contributed by atoms with Crippen LogP contribution in [0.5, 0.6) is 0 Å². The molecule has 8 nitrogen and oxygen atoms in total. The second kappa shape index (κ2) is 6.59. The maximum absolute atomic E-state index is 12.9. The van der Waals surface area contributed by atoms with Gasteiger partial charge in [0.2, 0.25) is 0 Å². The van der Waals surface area contributed by atoms with E-state index in [2.05, 4.69) is 0 Å². The number of alkyl halides is 3. The fourth-order valence-electron chi connectivity index (χ4n) is 2.79. The van der Waals surface area contributed by atoms with Crippen LogP contribution in [-0.4, -0.2) is 34.6 Å². The first-order valence-electron chi connectivity index (χ1n) is 7.05. The van der Waals surface area contributed by atoms with Crippen LogP contribution in [0.1, 0.15) is 18.4 Å². The number of anilines is 1. The van der Waals surface area contributed by atoms with Crippen molar-refractivity contribution >= 4 is 17.1 Å². The zero-order chi connectivity index (χ0) is 18.1. The zero-order valence-corrected chi connectivity index (χ0v) is 12.3. The molecular formula is C13H14F3N3O5. The van der Waals surface area contributed by atoms with E-state index in [1.807, 2.05) is 0 Å². The normalized spacial score (nSPS) is 18.5. The number of hydrogen-bond acceptors (Lipinski definition) is 6. The van der Waals surface area contributed by atoms with Crippen molar-refractivity contribution in [3.05, 3.63) is 37.9 Å². The Bertz CT molecular complexity index is 630. The zero-order valence-electron chi connectivity index (χ0n) is 12.3. The lowest BCUT2D eigenvalue weighted by molar-refractivity contribution is -0.393.